The molecule has 1 amide bonds. The topological polar surface area (TPSA) is 88.1 Å². The summed E-state index contributed by atoms with van der Waals surface area (Å²) >= 11 is 6.39. The van der Waals surface area contributed by atoms with Crippen molar-refractivity contribution in [1.29, 1.82) is 0 Å². The van der Waals surface area contributed by atoms with Crippen LogP contribution >= 0.6 is 11.6 Å². The lowest BCUT2D eigenvalue weighted by molar-refractivity contribution is 0.0444. The van der Waals surface area contributed by atoms with Gasteiger partial charge in [0, 0.05) is 51.7 Å². The van der Waals surface area contributed by atoms with E-state index >= 15 is 0 Å². The zero-order valence-corrected chi connectivity index (χ0v) is 25.1. The highest BCUT2D eigenvalue weighted by Crippen LogP contribution is 2.46. The van der Waals surface area contributed by atoms with Crippen molar-refractivity contribution in [3.63, 3.8) is 0 Å². The van der Waals surface area contributed by atoms with E-state index in [9.17, 15) is 14.1 Å². The molecule has 2 aliphatic carbocycles. The van der Waals surface area contributed by atoms with E-state index in [0.717, 1.165) is 61.7 Å². The third kappa shape index (κ3) is 5.76. The Morgan fingerprint density at radius 1 is 1.20 bits per heavy atom. The molecule has 2 aliphatic heterocycles. The van der Waals surface area contributed by atoms with Crippen molar-refractivity contribution in [2.75, 3.05) is 37.5 Å². The lowest BCUT2D eigenvalue weighted by atomic mass is 9.68. The van der Waals surface area contributed by atoms with Gasteiger partial charge in [-0.3, -0.25) is 9.52 Å². The largest absolute Gasteiger partial charge is 0.490 e. The monoisotopic (exact) mass is 598 g/mol. The van der Waals surface area contributed by atoms with Crippen LogP contribution in [0.2, 0.25) is 5.02 Å². The molecule has 4 aliphatic rings. The number of anilines is 1. The Kier molecular flexibility index (Phi) is 7.87. The Morgan fingerprint density at radius 2 is 2.05 bits per heavy atom. The van der Waals surface area contributed by atoms with Crippen molar-refractivity contribution in [2.24, 2.45) is 11.8 Å². The van der Waals surface area contributed by atoms with Crippen molar-refractivity contribution in [2.45, 2.75) is 56.1 Å². The van der Waals surface area contributed by atoms with Crippen LogP contribution in [0.3, 0.4) is 0 Å². The average Bonchev–Trinajstić information content (AvgIpc) is 3.07. The third-order valence-electron chi connectivity index (χ3n) is 9.51. The Labute approximate surface area is 248 Å². The molecular weight excluding hydrogens is 560 g/mol. The molecule has 7 nitrogen and oxygen atoms in total. The summed E-state index contributed by atoms with van der Waals surface area (Å²) in [6.07, 6.45) is 8.16. The number of hydrogen-bond acceptors (Lipinski definition) is 6. The van der Waals surface area contributed by atoms with E-state index in [1.807, 2.05) is 30.4 Å². The second-order valence-electron chi connectivity index (χ2n) is 12.2. The molecule has 6 rings (SSSR count). The minimum Gasteiger partial charge on any atom is -0.490 e. The number of carbonyl (C=O) groups is 1. The maximum absolute atomic E-state index is 13.3. The van der Waals surface area contributed by atoms with Gasteiger partial charge in [-0.1, -0.05) is 29.8 Å². The molecule has 1 fully saturated rings. The molecule has 6 atom stereocenters. The van der Waals surface area contributed by atoms with E-state index in [-0.39, 0.29) is 29.1 Å². The van der Waals surface area contributed by atoms with Gasteiger partial charge >= 0.3 is 0 Å². The normalized spacial score (nSPS) is 34.3. The number of amides is 1. The number of methoxy groups -OCH3 is 1. The highest BCUT2D eigenvalue weighted by molar-refractivity contribution is 7.99. The molecule has 1 unspecified atom stereocenters. The molecule has 1 saturated carbocycles. The molecular formula is C32H39ClN2O5S. The number of ether oxygens (including phenoxy) is 2. The molecule has 220 valence electrons. The fraction of sp³-hybridized carbons (Fsp3) is 0.500. The minimum absolute atomic E-state index is 0.126. The molecule has 2 heterocycles. The molecule has 1 spiro atoms. The SMILES string of the molecule is C=S1(=O)CC[C@H](OC)/C=C/[C@H](O)[C@@H]2CC[C@H]2CN2C[C@@]3(CCCc4cc(Cl)ccc43)COc3ccc(cc32)C(=O)N1. The quantitative estimate of drug-likeness (QED) is 0.370. The van der Waals surface area contributed by atoms with E-state index in [1.54, 1.807) is 13.2 Å². The fourth-order valence-corrected chi connectivity index (χ4v) is 8.43. The van der Waals surface area contributed by atoms with Gasteiger partial charge in [0.25, 0.3) is 5.91 Å². The van der Waals surface area contributed by atoms with Crippen LogP contribution in [0.1, 0.15) is 53.6 Å². The number of halogens is 1. The number of hydrogen-bond donors (Lipinski definition) is 2. The van der Waals surface area contributed by atoms with Gasteiger partial charge in [0.1, 0.15) is 5.75 Å². The highest BCUT2D eigenvalue weighted by atomic mass is 35.5. The minimum atomic E-state index is -2.91. The van der Waals surface area contributed by atoms with Gasteiger partial charge in [0.05, 0.1) is 24.5 Å². The summed E-state index contributed by atoms with van der Waals surface area (Å²) in [6, 6.07) is 11.7. The van der Waals surface area contributed by atoms with Crippen LogP contribution in [0.4, 0.5) is 5.69 Å². The van der Waals surface area contributed by atoms with Gasteiger partial charge in [-0.05, 0) is 97.7 Å². The van der Waals surface area contributed by atoms with Crippen LogP contribution in [0, 0.1) is 11.8 Å². The van der Waals surface area contributed by atoms with E-state index in [2.05, 4.69) is 27.6 Å². The van der Waals surface area contributed by atoms with Gasteiger partial charge in [-0.25, -0.2) is 4.21 Å². The smallest absolute Gasteiger partial charge is 0.262 e. The summed E-state index contributed by atoms with van der Waals surface area (Å²) < 4.78 is 28.0. The first-order valence-electron chi connectivity index (χ1n) is 14.5. The summed E-state index contributed by atoms with van der Waals surface area (Å²) in [6.45, 7) is 2.00. The summed E-state index contributed by atoms with van der Waals surface area (Å²) in [4.78, 5) is 15.7. The van der Waals surface area contributed by atoms with Gasteiger partial charge < -0.3 is 19.5 Å². The van der Waals surface area contributed by atoms with Crippen molar-refractivity contribution < 1.29 is 23.6 Å². The number of nitrogens with zero attached hydrogens (tertiary/aromatic N) is 1. The zero-order valence-electron chi connectivity index (χ0n) is 23.5. The van der Waals surface area contributed by atoms with Crippen molar-refractivity contribution in [3.8, 4) is 5.75 Å². The predicted molar refractivity (Wildman–Crippen MR) is 165 cm³/mol. The lowest BCUT2D eigenvalue weighted by Crippen LogP contribution is -2.49. The maximum Gasteiger partial charge on any atom is 0.262 e. The second kappa shape index (κ2) is 11.3. The lowest BCUT2D eigenvalue weighted by Gasteiger charge is -2.45. The van der Waals surface area contributed by atoms with E-state index in [0.29, 0.717) is 18.6 Å². The molecule has 2 aromatic rings. The number of aliphatic hydroxyl groups is 1. The molecule has 0 radical (unpaired) electrons. The first-order valence-corrected chi connectivity index (χ1v) is 16.8. The van der Waals surface area contributed by atoms with Crippen LogP contribution < -0.4 is 14.4 Å². The first kappa shape index (κ1) is 28.6. The fourth-order valence-electron chi connectivity index (χ4n) is 7.07. The Bertz CT molecular complexity index is 1460. The summed E-state index contributed by atoms with van der Waals surface area (Å²) in [5.41, 5.74) is 3.59. The van der Waals surface area contributed by atoms with Gasteiger partial charge in [0.15, 0.2) is 0 Å². The highest BCUT2D eigenvalue weighted by Gasteiger charge is 2.44. The first-order chi connectivity index (χ1) is 19.7. The van der Waals surface area contributed by atoms with Crippen molar-refractivity contribution in [3.05, 3.63) is 70.3 Å². The van der Waals surface area contributed by atoms with Crippen molar-refractivity contribution >= 4 is 38.8 Å². The molecule has 2 bridgehead atoms. The van der Waals surface area contributed by atoms with Crippen molar-refractivity contribution in [1.82, 2.24) is 4.72 Å². The molecule has 2 aromatic carbocycles. The second-order valence-corrected chi connectivity index (χ2v) is 14.8. The molecule has 41 heavy (non-hydrogen) atoms. The standard InChI is InChI=1S/C32H39ClN2O5S/c1-39-25-8-11-29(36)26-9-5-23(26)18-35-19-32(14-3-4-21-16-24(33)7-10-27(21)32)20-40-30-12-6-22(17-28(30)35)31(37)34-41(2,38)15-13-25/h6-8,10-12,16-17,23,25-26,29,36H,2-5,9,13-15,18-20H2,1H3,(H,34,37,38)/b11-8+/t23-,25+,26+,29-,32-,41?/m0/s1. The average molecular weight is 599 g/mol. The van der Waals surface area contributed by atoms with E-state index < -0.39 is 21.7 Å². The van der Waals surface area contributed by atoms with Crippen LogP contribution in [-0.4, -0.2) is 65.9 Å². The zero-order chi connectivity index (χ0) is 28.8. The Balaban J connectivity index is 1.41. The Hall–Kier alpha value is -2.52. The van der Waals surface area contributed by atoms with Crippen LogP contribution in [0.25, 0.3) is 0 Å². The number of aryl methyl sites for hydroxylation is 1. The van der Waals surface area contributed by atoms with E-state index in [1.165, 1.54) is 11.1 Å². The molecule has 0 saturated heterocycles. The van der Waals surface area contributed by atoms with Crippen LogP contribution in [-0.2, 0) is 26.3 Å². The van der Waals surface area contributed by atoms with Crippen LogP contribution in [0.15, 0.2) is 48.6 Å². The maximum atomic E-state index is 13.3. The van der Waals surface area contributed by atoms with Gasteiger partial charge in [-0.15, -0.1) is 0 Å². The summed E-state index contributed by atoms with van der Waals surface area (Å²) in [5.74, 6) is 4.71. The summed E-state index contributed by atoms with van der Waals surface area (Å²) in [7, 11) is -1.32. The van der Waals surface area contributed by atoms with Gasteiger partial charge in [-0.2, -0.15) is 0 Å². The molecule has 9 heteroatoms. The summed E-state index contributed by atoms with van der Waals surface area (Å²) in [5, 5.41) is 11.9. The van der Waals surface area contributed by atoms with Gasteiger partial charge in [0.2, 0.25) is 0 Å². The third-order valence-corrected chi connectivity index (χ3v) is 11.2. The predicted octanol–water partition coefficient (Wildman–Crippen LogP) is 4.54. The Morgan fingerprint density at radius 3 is 2.83 bits per heavy atom. The number of fused-ring (bicyclic) bond motifs is 4. The number of nitrogens with one attached hydrogen (secondary N) is 1. The number of carbonyl (C=O) groups excluding carboxylic acids is 1. The molecule has 2 N–H and O–H groups in total. The number of aliphatic hydroxyl groups excluding tert-OH is 1. The number of benzene rings is 2. The number of rotatable bonds is 1. The van der Waals surface area contributed by atoms with E-state index in [4.69, 9.17) is 21.1 Å². The molecule has 0 aromatic heterocycles. The van der Waals surface area contributed by atoms with Crippen LogP contribution in [0.5, 0.6) is 5.75 Å².